The number of nitrogens with one attached hydrogen (secondary N) is 1. The summed E-state index contributed by atoms with van der Waals surface area (Å²) in [6.45, 7) is 3.74. The molecule has 0 atom stereocenters. The van der Waals surface area contributed by atoms with Gasteiger partial charge in [-0.1, -0.05) is 35.7 Å². The molecule has 3 aromatic rings. The van der Waals surface area contributed by atoms with Crippen molar-refractivity contribution < 1.29 is 4.79 Å². The molecular weight excluding hydrogens is 482 g/mol. The van der Waals surface area contributed by atoms with E-state index in [9.17, 15) is 4.79 Å². The Kier molecular flexibility index (Phi) is 7.85. The standard InChI is InChI=1S/C22H24ClN5OS3/c1-26(30-2)19-6-4-3-5-18(19)21(29)24-16-7-9-17(10-8-16)32-28-13-11-27(12-14-28)22-25-20(23)15-31-22/h3-10,15H,11-14H2,1-2H3,(H,24,29). The molecule has 1 amide bonds. The smallest absolute Gasteiger partial charge is 0.257 e. The van der Waals surface area contributed by atoms with Gasteiger partial charge >= 0.3 is 0 Å². The minimum Gasteiger partial charge on any atom is -0.345 e. The van der Waals surface area contributed by atoms with Gasteiger partial charge in [0, 0.05) is 55.4 Å². The van der Waals surface area contributed by atoms with Crippen LogP contribution in [0.1, 0.15) is 10.4 Å². The zero-order valence-corrected chi connectivity index (χ0v) is 21.0. The molecule has 2 heterocycles. The Labute approximate surface area is 206 Å². The lowest BCUT2D eigenvalue weighted by molar-refractivity contribution is 0.102. The summed E-state index contributed by atoms with van der Waals surface area (Å²) in [6.07, 6.45) is 1.99. The van der Waals surface area contributed by atoms with E-state index in [4.69, 9.17) is 11.6 Å². The number of para-hydroxylation sites is 1. The molecule has 1 aliphatic heterocycles. The van der Waals surface area contributed by atoms with Crippen LogP contribution in [0.3, 0.4) is 0 Å². The number of rotatable bonds is 7. The van der Waals surface area contributed by atoms with E-state index in [0.717, 1.165) is 47.6 Å². The van der Waals surface area contributed by atoms with Crippen LogP contribution in [0.4, 0.5) is 16.5 Å². The quantitative estimate of drug-likeness (QED) is 0.420. The van der Waals surface area contributed by atoms with Crippen molar-refractivity contribution in [3.05, 3.63) is 64.6 Å². The van der Waals surface area contributed by atoms with E-state index < -0.39 is 0 Å². The minimum atomic E-state index is -0.111. The lowest BCUT2D eigenvalue weighted by Crippen LogP contribution is -2.43. The van der Waals surface area contributed by atoms with Crippen LogP contribution < -0.4 is 14.5 Å². The van der Waals surface area contributed by atoms with Crippen LogP contribution in [0.25, 0.3) is 0 Å². The molecular formula is C22H24ClN5OS3. The number of hydrogen-bond acceptors (Lipinski definition) is 8. The number of amides is 1. The number of nitrogens with zero attached hydrogens (tertiary/aromatic N) is 4. The molecule has 0 spiro atoms. The highest BCUT2D eigenvalue weighted by atomic mass is 35.5. The molecule has 1 aliphatic rings. The normalized spacial score (nSPS) is 14.4. The molecule has 2 aromatic carbocycles. The van der Waals surface area contributed by atoms with Gasteiger partial charge in [0.1, 0.15) is 5.15 Å². The number of aromatic nitrogens is 1. The molecule has 0 bridgehead atoms. The van der Waals surface area contributed by atoms with Crippen molar-refractivity contribution in [3.63, 3.8) is 0 Å². The third kappa shape index (κ3) is 5.71. The molecule has 1 N–H and O–H groups in total. The molecule has 1 saturated heterocycles. The van der Waals surface area contributed by atoms with Crippen LogP contribution in [0.5, 0.6) is 0 Å². The summed E-state index contributed by atoms with van der Waals surface area (Å²) in [4.78, 5) is 20.6. The highest BCUT2D eigenvalue weighted by molar-refractivity contribution is 7.99. The molecule has 168 valence electrons. The molecule has 0 unspecified atom stereocenters. The van der Waals surface area contributed by atoms with Gasteiger partial charge in [-0.15, -0.1) is 11.3 Å². The third-order valence-electron chi connectivity index (χ3n) is 5.08. The van der Waals surface area contributed by atoms with Crippen LogP contribution in [-0.2, 0) is 0 Å². The van der Waals surface area contributed by atoms with Gasteiger partial charge in [0.15, 0.2) is 5.13 Å². The van der Waals surface area contributed by atoms with Crippen molar-refractivity contribution in [2.75, 3.05) is 54.0 Å². The monoisotopic (exact) mass is 505 g/mol. The topological polar surface area (TPSA) is 51.7 Å². The largest absolute Gasteiger partial charge is 0.345 e. The molecule has 0 radical (unpaired) electrons. The summed E-state index contributed by atoms with van der Waals surface area (Å²) in [5.41, 5.74) is 2.33. The molecule has 4 rings (SSSR count). The number of anilines is 3. The van der Waals surface area contributed by atoms with E-state index in [1.54, 1.807) is 35.2 Å². The lowest BCUT2D eigenvalue weighted by atomic mass is 10.1. The van der Waals surface area contributed by atoms with E-state index in [1.165, 1.54) is 0 Å². The highest BCUT2D eigenvalue weighted by Gasteiger charge is 2.20. The maximum atomic E-state index is 12.8. The maximum absolute atomic E-state index is 12.8. The van der Waals surface area contributed by atoms with Gasteiger partial charge in [-0.2, -0.15) is 0 Å². The molecule has 1 aromatic heterocycles. The van der Waals surface area contributed by atoms with Gasteiger partial charge in [-0.25, -0.2) is 9.29 Å². The number of hydrogen-bond donors (Lipinski definition) is 1. The first-order valence-corrected chi connectivity index (χ1v) is 13.3. The third-order valence-corrected chi connectivity index (χ3v) is 8.16. The van der Waals surface area contributed by atoms with Crippen LogP contribution in [-0.4, -0.2) is 54.7 Å². The Morgan fingerprint density at radius 2 is 1.84 bits per heavy atom. The number of carbonyl (C=O) groups excluding carboxylic acids is 1. The van der Waals surface area contributed by atoms with Gasteiger partial charge in [0.05, 0.1) is 11.3 Å². The van der Waals surface area contributed by atoms with E-state index in [2.05, 4.69) is 19.5 Å². The van der Waals surface area contributed by atoms with Crippen LogP contribution in [0, 0.1) is 0 Å². The molecule has 0 aliphatic carbocycles. The first-order valence-electron chi connectivity index (χ1n) is 10.1. The van der Waals surface area contributed by atoms with E-state index in [0.29, 0.717) is 10.7 Å². The summed E-state index contributed by atoms with van der Waals surface area (Å²) in [6, 6.07) is 15.6. The predicted octanol–water partition coefficient (Wildman–Crippen LogP) is 5.59. The van der Waals surface area contributed by atoms with E-state index in [1.807, 2.05) is 71.5 Å². The Morgan fingerprint density at radius 1 is 1.12 bits per heavy atom. The fourth-order valence-corrected chi connectivity index (χ4v) is 5.61. The van der Waals surface area contributed by atoms with Gasteiger partial charge in [-0.3, -0.25) is 4.79 Å². The molecule has 1 fully saturated rings. The summed E-state index contributed by atoms with van der Waals surface area (Å²) >= 11 is 10.9. The summed E-state index contributed by atoms with van der Waals surface area (Å²) in [7, 11) is 1.95. The summed E-state index contributed by atoms with van der Waals surface area (Å²) < 4.78 is 4.34. The second-order valence-electron chi connectivity index (χ2n) is 7.14. The van der Waals surface area contributed by atoms with Crippen LogP contribution >= 0.6 is 46.8 Å². The van der Waals surface area contributed by atoms with Gasteiger partial charge in [0.25, 0.3) is 5.91 Å². The van der Waals surface area contributed by atoms with Crippen molar-refractivity contribution in [2.45, 2.75) is 4.90 Å². The Balaban J connectivity index is 1.32. The second kappa shape index (κ2) is 10.8. The zero-order chi connectivity index (χ0) is 22.5. The van der Waals surface area contributed by atoms with Gasteiger partial charge < -0.3 is 14.5 Å². The number of piperazine rings is 1. The van der Waals surface area contributed by atoms with Crippen molar-refractivity contribution in [1.82, 2.24) is 9.29 Å². The van der Waals surface area contributed by atoms with E-state index in [-0.39, 0.29) is 5.91 Å². The SMILES string of the molecule is CSN(C)c1ccccc1C(=O)Nc1ccc(SN2CCN(c3nc(Cl)cs3)CC2)cc1. The number of carbonyl (C=O) groups is 1. The summed E-state index contributed by atoms with van der Waals surface area (Å²) in [5.74, 6) is -0.111. The number of thiazole rings is 1. The van der Waals surface area contributed by atoms with Crippen LogP contribution in [0.15, 0.2) is 58.8 Å². The average Bonchev–Trinajstić information content (AvgIpc) is 3.26. The molecule has 0 saturated carbocycles. The molecule has 10 heteroatoms. The van der Waals surface area contributed by atoms with Gasteiger partial charge in [0.2, 0.25) is 0 Å². The minimum absolute atomic E-state index is 0.111. The maximum Gasteiger partial charge on any atom is 0.257 e. The second-order valence-corrected chi connectivity index (χ2v) is 10.4. The Morgan fingerprint density at radius 3 is 2.50 bits per heavy atom. The zero-order valence-electron chi connectivity index (χ0n) is 17.8. The van der Waals surface area contributed by atoms with Crippen LogP contribution in [0.2, 0.25) is 5.15 Å². The highest BCUT2D eigenvalue weighted by Crippen LogP contribution is 2.29. The fraction of sp³-hybridized carbons (Fsp3) is 0.273. The first kappa shape index (κ1) is 23.3. The van der Waals surface area contributed by atoms with Crippen molar-refractivity contribution in [1.29, 1.82) is 0 Å². The summed E-state index contributed by atoms with van der Waals surface area (Å²) in [5, 5.41) is 6.44. The lowest BCUT2D eigenvalue weighted by Gasteiger charge is -2.33. The Hall–Kier alpha value is -1.91. The van der Waals surface area contributed by atoms with E-state index >= 15 is 0 Å². The van der Waals surface area contributed by atoms with Crippen molar-refractivity contribution >= 4 is 69.2 Å². The predicted molar refractivity (Wildman–Crippen MR) is 140 cm³/mol. The molecule has 32 heavy (non-hydrogen) atoms. The molecule has 6 nitrogen and oxygen atoms in total. The first-order chi connectivity index (χ1) is 15.5. The van der Waals surface area contributed by atoms with Crippen molar-refractivity contribution in [3.8, 4) is 0 Å². The average molecular weight is 506 g/mol. The Bertz CT molecular complexity index is 1050. The fourth-order valence-electron chi connectivity index (χ4n) is 3.35. The number of benzene rings is 2. The number of halogens is 1. The van der Waals surface area contributed by atoms with Gasteiger partial charge in [-0.05, 0) is 48.3 Å². The van der Waals surface area contributed by atoms with Crippen molar-refractivity contribution in [2.24, 2.45) is 0 Å².